The Morgan fingerprint density at radius 2 is 1.08 bits per heavy atom. The molecule has 0 saturated carbocycles. The van der Waals surface area contributed by atoms with Gasteiger partial charge < -0.3 is 31.7 Å². The quantitative estimate of drug-likeness (QED) is 0.0957. The van der Waals surface area contributed by atoms with Crippen LogP contribution in [0.2, 0.25) is 5.02 Å². The molecule has 0 heterocycles. The van der Waals surface area contributed by atoms with Crippen molar-refractivity contribution in [3.05, 3.63) is 110 Å². The van der Waals surface area contributed by atoms with E-state index in [1.807, 2.05) is 0 Å². The standard InChI is InChI=1S/C12H10N2O3.C6H7BO3.C6H5ClN2O2/c13-11-7-9(3-6-12(11)14(16)17)8-1-4-10(15)5-2-8;8-6-3-1-5(2-4-6)7(9)10;7-4-1-2-6(9(10)11)5(8)3-4/h1-7,15H,13H2;1-4,8-10H;1-3H,8H2. The van der Waals surface area contributed by atoms with Gasteiger partial charge in [-0.25, -0.2) is 0 Å². The number of nitrogen functional groups attached to an aromatic ring is 2. The molecular formula is C24H22BClN4O8. The number of anilines is 2. The topological polar surface area (TPSA) is 219 Å². The molecule has 4 aromatic rings. The van der Waals surface area contributed by atoms with Gasteiger partial charge in [0.05, 0.1) is 9.85 Å². The molecule has 0 unspecified atom stereocenters. The first-order chi connectivity index (χ1) is 17.9. The van der Waals surface area contributed by atoms with E-state index in [0.29, 0.717) is 10.5 Å². The second-order valence-corrected chi connectivity index (χ2v) is 7.94. The summed E-state index contributed by atoms with van der Waals surface area (Å²) in [6.45, 7) is 0. The summed E-state index contributed by atoms with van der Waals surface area (Å²) in [6, 6.07) is 20.8. The molecule has 8 N–H and O–H groups in total. The van der Waals surface area contributed by atoms with Gasteiger partial charge in [-0.3, -0.25) is 20.2 Å². The Morgan fingerprint density at radius 3 is 1.50 bits per heavy atom. The van der Waals surface area contributed by atoms with E-state index >= 15 is 0 Å². The molecule has 0 aromatic heterocycles. The molecule has 0 aliphatic rings. The summed E-state index contributed by atoms with van der Waals surface area (Å²) >= 11 is 5.52. The molecule has 0 fully saturated rings. The predicted octanol–water partition coefficient (Wildman–Crippen LogP) is 3.45. The highest BCUT2D eigenvalue weighted by molar-refractivity contribution is 6.58. The van der Waals surface area contributed by atoms with Gasteiger partial charge in [0.1, 0.15) is 22.9 Å². The summed E-state index contributed by atoms with van der Waals surface area (Å²) in [7, 11) is -1.46. The minimum absolute atomic E-state index is 0.0856. The lowest BCUT2D eigenvalue weighted by Crippen LogP contribution is -2.29. The van der Waals surface area contributed by atoms with Crippen molar-refractivity contribution in [1.82, 2.24) is 0 Å². The summed E-state index contributed by atoms with van der Waals surface area (Å²) in [5, 5.41) is 56.3. The van der Waals surface area contributed by atoms with Crippen LogP contribution >= 0.6 is 11.6 Å². The third-order valence-corrected chi connectivity index (χ3v) is 5.04. The van der Waals surface area contributed by atoms with Crippen molar-refractivity contribution in [2.24, 2.45) is 0 Å². The van der Waals surface area contributed by atoms with Crippen LogP contribution in [-0.4, -0.2) is 37.2 Å². The molecule has 0 aliphatic heterocycles. The monoisotopic (exact) mass is 540 g/mol. The van der Waals surface area contributed by atoms with E-state index in [1.165, 1.54) is 48.5 Å². The number of phenols is 2. The molecule has 0 atom stereocenters. The Labute approximate surface area is 221 Å². The number of nitro groups is 2. The van der Waals surface area contributed by atoms with Crippen molar-refractivity contribution in [1.29, 1.82) is 0 Å². The number of hydrogen-bond acceptors (Lipinski definition) is 10. The lowest BCUT2D eigenvalue weighted by atomic mass is 9.80. The Balaban J connectivity index is 0.000000211. The average Bonchev–Trinajstić information content (AvgIpc) is 2.85. The number of aromatic hydroxyl groups is 2. The Morgan fingerprint density at radius 1 is 0.658 bits per heavy atom. The molecule has 0 saturated heterocycles. The lowest BCUT2D eigenvalue weighted by Gasteiger charge is -2.03. The summed E-state index contributed by atoms with van der Waals surface area (Å²) in [5.74, 6) is 0.285. The fourth-order valence-electron chi connectivity index (χ4n) is 2.89. The molecule has 14 heteroatoms. The number of hydrogen-bond donors (Lipinski definition) is 6. The SMILES string of the molecule is Nc1cc(-c2ccc(O)cc2)ccc1[N+](=O)[O-].Nc1cc(Cl)ccc1[N+](=O)[O-].OB(O)c1ccc(O)cc1. The van der Waals surface area contributed by atoms with E-state index in [2.05, 4.69) is 0 Å². The third-order valence-electron chi connectivity index (χ3n) is 4.80. The van der Waals surface area contributed by atoms with Crippen molar-refractivity contribution in [3.63, 3.8) is 0 Å². The van der Waals surface area contributed by atoms with Crippen molar-refractivity contribution in [3.8, 4) is 22.6 Å². The first-order valence-electron chi connectivity index (χ1n) is 10.6. The van der Waals surface area contributed by atoms with Gasteiger partial charge in [-0.2, -0.15) is 0 Å². The number of phenolic OH excluding ortho intramolecular Hbond substituents is 2. The van der Waals surface area contributed by atoms with Gasteiger partial charge in [0, 0.05) is 17.2 Å². The predicted molar refractivity (Wildman–Crippen MR) is 145 cm³/mol. The van der Waals surface area contributed by atoms with Crippen LogP contribution in [0.1, 0.15) is 0 Å². The Kier molecular flexibility index (Phi) is 10.4. The zero-order valence-corrected chi connectivity index (χ0v) is 20.3. The van der Waals surface area contributed by atoms with Crippen LogP contribution in [0.15, 0.2) is 84.9 Å². The first-order valence-corrected chi connectivity index (χ1v) is 10.9. The molecular weight excluding hydrogens is 519 g/mol. The molecule has 4 aromatic carbocycles. The summed E-state index contributed by atoms with van der Waals surface area (Å²) in [4.78, 5) is 19.8. The molecule has 38 heavy (non-hydrogen) atoms. The molecule has 4 rings (SSSR count). The maximum absolute atomic E-state index is 10.6. The van der Waals surface area contributed by atoms with Gasteiger partial charge in [0.15, 0.2) is 0 Å². The van der Waals surface area contributed by atoms with E-state index in [-0.39, 0.29) is 34.2 Å². The van der Waals surface area contributed by atoms with E-state index < -0.39 is 17.0 Å². The van der Waals surface area contributed by atoms with Crippen LogP contribution in [0.4, 0.5) is 22.7 Å². The molecule has 0 radical (unpaired) electrons. The van der Waals surface area contributed by atoms with Gasteiger partial charge in [-0.15, -0.1) is 0 Å². The zero-order chi connectivity index (χ0) is 28.4. The highest BCUT2D eigenvalue weighted by atomic mass is 35.5. The van der Waals surface area contributed by atoms with E-state index in [4.69, 9.17) is 43.3 Å². The molecule has 0 aliphatic carbocycles. The number of benzene rings is 4. The van der Waals surface area contributed by atoms with Gasteiger partial charge in [0.25, 0.3) is 11.4 Å². The normalized spacial score (nSPS) is 9.76. The van der Waals surface area contributed by atoms with E-state index in [0.717, 1.165) is 11.1 Å². The van der Waals surface area contributed by atoms with Gasteiger partial charge >= 0.3 is 7.12 Å². The van der Waals surface area contributed by atoms with Crippen LogP contribution in [0.25, 0.3) is 11.1 Å². The van der Waals surface area contributed by atoms with Crippen molar-refractivity contribution in [2.45, 2.75) is 0 Å². The van der Waals surface area contributed by atoms with Crippen LogP contribution in [0.3, 0.4) is 0 Å². The molecule has 12 nitrogen and oxygen atoms in total. The third kappa shape index (κ3) is 8.67. The van der Waals surface area contributed by atoms with Crippen LogP contribution in [0.5, 0.6) is 11.5 Å². The van der Waals surface area contributed by atoms with E-state index in [1.54, 1.807) is 36.4 Å². The minimum atomic E-state index is -1.46. The van der Waals surface area contributed by atoms with Crippen LogP contribution in [0, 0.1) is 20.2 Å². The highest BCUT2D eigenvalue weighted by Gasteiger charge is 2.12. The number of rotatable bonds is 4. The van der Waals surface area contributed by atoms with Crippen LogP contribution in [-0.2, 0) is 0 Å². The maximum Gasteiger partial charge on any atom is 0.488 e. The summed E-state index contributed by atoms with van der Waals surface area (Å²) in [6.07, 6.45) is 0. The Bertz CT molecular complexity index is 1400. The lowest BCUT2D eigenvalue weighted by molar-refractivity contribution is -0.384. The highest BCUT2D eigenvalue weighted by Crippen LogP contribution is 2.29. The van der Waals surface area contributed by atoms with Crippen molar-refractivity contribution in [2.75, 3.05) is 11.5 Å². The Hall–Kier alpha value is -4.85. The first kappa shape index (κ1) is 29.4. The number of nitrogens with zero attached hydrogens (tertiary/aromatic N) is 2. The largest absolute Gasteiger partial charge is 0.508 e. The fourth-order valence-corrected chi connectivity index (χ4v) is 3.07. The zero-order valence-electron chi connectivity index (χ0n) is 19.5. The van der Waals surface area contributed by atoms with Crippen molar-refractivity contribution >= 4 is 46.9 Å². The molecule has 0 amide bonds. The van der Waals surface area contributed by atoms with Gasteiger partial charge in [0.2, 0.25) is 0 Å². The second kappa shape index (κ2) is 13.5. The number of nitrogens with two attached hydrogens (primary N) is 2. The van der Waals surface area contributed by atoms with Crippen LogP contribution < -0.4 is 16.9 Å². The van der Waals surface area contributed by atoms with Gasteiger partial charge in [-0.05, 0) is 65.1 Å². The minimum Gasteiger partial charge on any atom is -0.508 e. The number of halogens is 1. The smallest absolute Gasteiger partial charge is 0.488 e. The van der Waals surface area contributed by atoms with Gasteiger partial charge in [-0.1, -0.05) is 35.9 Å². The molecule has 0 spiro atoms. The fraction of sp³-hybridized carbons (Fsp3) is 0. The maximum atomic E-state index is 10.6. The summed E-state index contributed by atoms with van der Waals surface area (Å²) in [5.41, 5.74) is 12.9. The average molecular weight is 541 g/mol. The molecule has 196 valence electrons. The molecule has 0 bridgehead atoms. The number of nitro benzene ring substituents is 2. The summed E-state index contributed by atoms with van der Waals surface area (Å²) < 4.78 is 0. The second-order valence-electron chi connectivity index (χ2n) is 7.50. The van der Waals surface area contributed by atoms with E-state index in [9.17, 15) is 20.2 Å². The van der Waals surface area contributed by atoms with Crippen molar-refractivity contribution < 1.29 is 30.1 Å².